The van der Waals surface area contributed by atoms with Gasteiger partial charge in [0.05, 0.1) is 22.5 Å². The van der Waals surface area contributed by atoms with E-state index in [-0.39, 0.29) is 10.6 Å². The molecule has 0 spiro atoms. The predicted octanol–water partition coefficient (Wildman–Crippen LogP) is 3.42. The zero-order valence-electron chi connectivity index (χ0n) is 16.1. The van der Waals surface area contributed by atoms with E-state index in [4.69, 9.17) is 0 Å². The first-order valence-electron chi connectivity index (χ1n) is 8.95. The number of hydrogen-bond acceptors (Lipinski definition) is 5. The van der Waals surface area contributed by atoms with Crippen molar-refractivity contribution in [3.05, 3.63) is 88.3 Å². The van der Waals surface area contributed by atoms with Gasteiger partial charge in [-0.25, -0.2) is 13.8 Å². The fourth-order valence-electron chi connectivity index (χ4n) is 2.60. The smallest absolute Gasteiger partial charge is 0.264 e. The monoisotopic (exact) mass is 534 g/mol. The Kier molecular flexibility index (Phi) is 7.16. The number of amides is 1. The second-order valence-electron chi connectivity index (χ2n) is 6.28. The summed E-state index contributed by atoms with van der Waals surface area (Å²) in [4.78, 5) is 16.6. The third-order valence-corrected chi connectivity index (χ3v) is 6.67. The Balaban J connectivity index is 1.82. The number of aromatic nitrogens is 1. The van der Waals surface area contributed by atoms with Gasteiger partial charge in [0.2, 0.25) is 0 Å². The van der Waals surface area contributed by atoms with Crippen LogP contribution in [-0.4, -0.2) is 31.6 Å². The number of nitrogens with zero attached hydrogens (tertiary/aromatic N) is 3. The van der Waals surface area contributed by atoms with E-state index >= 15 is 0 Å². The fraction of sp³-hybridized carbons (Fsp3) is 0.0952. The third kappa shape index (κ3) is 5.42. The van der Waals surface area contributed by atoms with Gasteiger partial charge in [-0.3, -0.25) is 14.1 Å². The Bertz CT molecular complexity index is 1140. The van der Waals surface area contributed by atoms with E-state index in [0.717, 1.165) is 13.4 Å². The molecule has 3 rings (SSSR count). The molecule has 0 radical (unpaired) electrons. The minimum absolute atomic E-state index is 0.0835. The molecule has 1 aromatic heterocycles. The van der Waals surface area contributed by atoms with Crippen LogP contribution in [0, 0.1) is 3.57 Å². The molecule has 0 fully saturated rings. The normalized spacial score (nSPS) is 11.7. The number of hydrazone groups is 1. The Morgan fingerprint density at radius 1 is 1.07 bits per heavy atom. The molecule has 30 heavy (non-hydrogen) atoms. The van der Waals surface area contributed by atoms with Crippen molar-refractivity contribution in [3.63, 3.8) is 0 Å². The number of pyridine rings is 1. The molecule has 7 nitrogen and oxygen atoms in total. The van der Waals surface area contributed by atoms with Crippen molar-refractivity contribution in [2.75, 3.05) is 10.8 Å². The summed E-state index contributed by atoms with van der Waals surface area (Å²) >= 11 is 2.21. The highest BCUT2D eigenvalue weighted by molar-refractivity contribution is 14.1. The van der Waals surface area contributed by atoms with E-state index in [1.165, 1.54) is 24.5 Å². The van der Waals surface area contributed by atoms with Crippen LogP contribution >= 0.6 is 22.6 Å². The second kappa shape index (κ2) is 9.81. The van der Waals surface area contributed by atoms with Crippen LogP contribution in [0.1, 0.15) is 12.5 Å². The first-order chi connectivity index (χ1) is 14.4. The number of hydrogen-bond donors (Lipinski definition) is 1. The molecule has 1 heterocycles. The van der Waals surface area contributed by atoms with Gasteiger partial charge >= 0.3 is 0 Å². The van der Waals surface area contributed by atoms with Crippen LogP contribution in [0.25, 0.3) is 0 Å². The van der Waals surface area contributed by atoms with Gasteiger partial charge in [0.15, 0.2) is 0 Å². The summed E-state index contributed by atoms with van der Waals surface area (Å²) in [6.45, 7) is 1.33. The van der Waals surface area contributed by atoms with Crippen molar-refractivity contribution < 1.29 is 13.2 Å². The maximum Gasteiger partial charge on any atom is 0.264 e. The molecule has 0 atom stereocenters. The van der Waals surface area contributed by atoms with Gasteiger partial charge in [0, 0.05) is 9.77 Å². The SMILES string of the molecule is C/C(=N/NC(=O)CN(c1cccnc1)S(=O)(=O)c1ccccc1)c1ccc(I)cc1. The molecule has 0 saturated carbocycles. The van der Waals surface area contributed by atoms with Gasteiger partial charge in [-0.1, -0.05) is 30.3 Å². The summed E-state index contributed by atoms with van der Waals surface area (Å²) in [5.74, 6) is -0.566. The number of rotatable bonds is 7. The molecule has 9 heteroatoms. The zero-order valence-corrected chi connectivity index (χ0v) is 19.0. The van der Waals surface area contributed by atoms with Crippen LogP contribution in [0.15, 0.2) is 89.1 Å². The lowest BCUT2D eigenvalue weighted by Gasteiger charge is -2.23. The lowest BCUT2D eigenvalue weighted by molar-refractivity contribution is -0.119. The first kappa shape index (κ1) is 21.9. The van der Waals surface area contributed by atoms with Crippen molar-refractivity contribution in [2.24, 2.45) is 5.10 Å². The van der Waals surface area contributed by atoms with Gasteiger partial charge in [-0.15, -0.1) is 0 Å². The maximum absolute atomic E-state index is 13.1. The van der Waals surface area contributed by atoms with E-state index in [1.54, 1.807) is 37.3 Å². The molecular formula is C21H19IN4O3S. The molecule has 0 aliphatic heterocycles. The van der Waals surface area contributed by atoms with Gasteiger partial charge in [-0.2, -0.15) is 5.10 Å². The lowest BCUT2D eigenvalue weighted by atomic mass is 10.1. The van der Waals surface area contributed by atoms with E-state index in [0.29, 0.717) is 5.71 Å². The zero-order chi connectivity index (χ0) is 21.6. The van der Waals surface area contributed by atoms with Crippen molar-refractivity contribution in [2.45, 2.75) is 11.8 Å². The second-order valence-corrected chi connectivity index (χ2v) is 9.38. The molecule has 0 aliphatic carbocycles. The van der Waals surface area contributed by atoms with Gasteiger partial charge < -0.3 is 0 Å². The van der Waals surface area contributed by atoms with Gasteiger partial charge in [0.25, 0.3) is 15.9 Å². The maximum atomic E-state index is 13.1. The van der Waals surface area contributed by atoms with E-state index in [2.05, 4.69) is 38.1 Å². The summed E-state index contributed by atoms with van der Waals surface area (Å²) in [7, 11) is -3.96. The number of sulfonamides is 1. The molecular weight excluding hydrogens is 515 g/mol. The largest absolute Gasteiger partial charge is 0.271 e. The number of carbonyl (C=O) groups excluding carboxylic acids is 1. The van der Waals surface area contributed by atoms with Crippen LogP contribution in [-0.2, 0) is 14.8 Å². The summed E-state index contributed by atoms with van der Waals surface area (Å²) in [6.07, 6.45) is 2.93. The summed E-state index contributed by atoms with van der Waals surface area (Å²) in [6, 6.07) is 18.8. The van der Waals surface area contributed by atoms with E-state index in [1.807, 2.05) is 24.3 Å². The lowest BCUT2D eigenvalue weighted by Crippen LogP contribution is -2.39. The minimum Gasteiger partial charge on any atom is -0.271 e. The summed E-state index contributed by atoms with van der Waals surface area (Å²) in [5, 5.41) is 4.10. The van der Waals surface area contributed by atoms with Crippen LogP contribution in [0.2, 0.25) is 0 Å². The molecule has 1 amide bonds. The number of anilines is 1. The molecule has 1 N–H and O–H groups in total. The van der Waals surface area contributed by atoms with Crippen molar-refractivity contribution in [1.82, 2.24) is 10.4 Å². The predicted molar refractivity (Wildman–Crippen MR) is 125 cm³/mol. The highest BCUT2D eigenvalue weighted by Gasteiger charge is 2.27. The van der Waals surface area contributed by atoms with E-state index < -0.39 is 22.5 Å². The first-order valence-corrected chi connectivity index (χ1v) is 11.5. The average Bonchev–Trinajstić information content (AvgIpc) is 2.77. The van der Waals surface area contributed by atoms with Crippen LogP contribution < -0.4 is 9.73 Å². The number of halogens is 1. The fourth-order valence-corrected chi connectivity index (χ4v) is 4.39. The van der Waals surface area contributed by atoms with E-state index in [9.17, 15) is 13.2 Å². The molecule has 0 saturated heterocycles. The average molecular weight is 534 g/mol. The van der Waals surface area contributed by atoms with Crippen LogP contribution in [0.3, 0.4) is 0 Å². The highest BCUT2D eigenvalue weighted by Crippen LogP contribution is 2.22. The highest BCUT2D eigenvalue weighted by atomic mass is 127. The Morgan fingerprint density at radius 3 is 2.40 bits per heavy atom. The molecule has 0 bridgehead atoms. The molecule has 154 valence electrons. The quantitative estimate of drug-likeness (QED) is 0.286. The van der Waals surface area contributed by atoms with Crippen molar-refractivity contribution >= 4 is 49.9 Å². The van der Waals surface area contributed by atoms with Gasteiger partial charge in [0.1, 0.15) is 6.54 Å². The third-order valence-electron chi connectivity index (χ3n) is 4.16. The number of nitrogens with one attached hydrogen (secondary N) is 1. The molecule has 0 aliphatic rings. The summed E-state index contributed by atoms with van der Waals surface area (Å²) in [5.41, 5.74) is 4.19. The minimum atomic E-state index is -3.96. The number of benzene rings is 2. The van der Waals surface area contributed by atoms with Crippen molar-refractivity contribution in [3.8, 4) is 0 Å². The topological polar surface area (TPSA) is 91.7 Å². The molecule has 3 aromatic rings. The molecule has 2 aromatic carbocycles. The Labute approximate surface area is 189 Å². The summed E-state index contributed by atoms with van der Waals surface area (Å²) < 4.78 is 28.4. The number of carbonyl (C=O) groups is 1. The van der Waals surface area contributed by atoms with Crippen LogP contribution in [0.4, 0.5) is 5.69 Å². The van der Waals surface area contributed by atoms with Crippen LogP contribution in [0.5, 0.6) is 0 Å². The molecule has 0 unspecified atom stereocenters. The van der Waals surface area contributed by atoms with Gasteiger partial charge in [-0.05, 0) is 71.5 Å². The Morgan fingerprint density at radius 2 is 1.77 bits per heavy atom. The van der Waals surface area contributed by atoms with Crippen molar-refractivity contribution in [1.29, 1.82) is 0 Å². The Hall–Kier alpha value is -2.79. The standard InChI is InChI=1S/C21H19IN4O3S/c1-16(17-9-11-18(22)12-10-17)24-25-21(27)15-26(19-6-5-13-23-14-19)30(28,29)20-7-3-2-4-8-20/h2-14H,15H2,1H3,(H,25,27)/b24-16-.